The maximum atomic E-state index is 2.80. The zero-order valence-corrected chi connectivity index (χ0v) is 38.6. The third-order valence-corrected chi connectivity index (χ3v) is 86.2. The molecule has 0 aromatic heterocycles. The van der Waals surface area contributed by atoms with Crippen molar-refractivity contribution in [2.75, 3.05) is 0 Å². The third kappa shape index (κ3) is 7.65. The van der Waals surface area contributed by atoms with E-state index in [4.69, 9.17) is 0 Å². The summed E-state index contributed by atoms with van der Waals surface area (Å²) in [7, 11) is -6.65. The fourth-order valence-electron chi connectivity index (χ4n) is 11.4. The van der Waals surface area contributed by atoms with Crippen LogP contribution in [0.4, 0.5) is 0 Å². The predicted molar refractivity (Wildman–Crippen MR) is 202 cm³/mol. The molecule has 0 N–H and O–H groups in total. The molecule has 0 amide bonds. The molecular weight excluding hydrogens is 609 g/mol. The first-order chi connectivity index (χ1) is 17.2. The molecule has 0 aromatic carbocycles. The van der Waals surface area contributed by atoms with Crippen LogP contribution in [0.15, 0.2) is 0 Å². The van der Waals surface area contributed by atoms with E-state index in [-0.39, 0.29) is 0 Å². The van der Waals surface area contributed by atoms with Gasteiger partial charge in [0.25, 0.3) is 0 Å². The van der Waals surface area contributed by atoms with Crippen molar-refractivity contribution in [1.29, 1.82) is 0 Å². The first-order valence-corrected chi connectivity index (χ1v) is 36.4. The average molecular weight is 688 g/mol. The van der Waals surface area contributed by atoms with Crippen LogP contribution in [0.25, 0.3) is 0 Å². The van der Waals surface area contributed by atoms with Gasteiger partial charge in [-0.2, -0.15) is 0 Å². The van der Waals surface area contributed by atoms with Crippen LogP contribution in [0.1, 0.15) is 111 Å². The molecular formula is C33H78GeSi5. The molecule has 0 saturated carbocycles. The Morgan fingerprint density at radius 1 is 0.487 bits per heavy atom. The van der Waals surface area contributed by atoms with E-state index < -0.39 is 53.5 Å². The fraction of sp³-hybridized carbons (Fsp3) is 1.00. The molecule has 0 aliphatic heterocycles. The number of hydrogen-bond acceptors (Lipinski definition) is 0. The van der Waals surface area contributed by atoms with Crippen LogP contribution in [0.3, 0.4) is 0 Å². The zero-order chi connectivity index (χ0) is 31.7. The van der Waals surface area contributed by atoms with Gasteiger partial charge in [0.05, 0.1) is 0 Å². The van der Waals surface area contributed by atoms with E-state index in [1.54, 1.807) is 9.75 Å². The van der Waals surface area contributed by atoms with Crippen LogP contribution in [0.5, 0.6) is 0 Å². The second-order valence-corrected chi connectivity index (χ2v) is 61.9. The minimum absolute atomic E-state index is 0.538. The molecule has 0 unspecified atom stereocenters. The van der Waals surface area contributed by atoms with Gasteiger partial charge in [-0.1, -0.05) is 0 Å². The number of rotatable bonds is 16. The van der Waals surface area contributed by atoms with Gasteiger partial charge in [-0.3, -0.25) is 0 Å². The van der Waals surface area contributed by atoms with Gasteiger partial charge in [-0.05, 0) is 0 Å². The van der Waals surface area contributed by atoms with Gasteiger partial charge >= 0.3 is 262 Å². The van der Waals surface area contributed by atoms with Gasteiger partial charge in [-0.25, -0.2) is 0 Å². The van der Waals surface area contributed by atoms with Crippen molar-refractivity contribution < 1.29 is 0 Å². The summed E-state index contributed by atoms with van der Waals surface area (Å²) >= 11 is -1.54. The normalized spacial score (nSPS) is 15.4. The fourth-order valence-corrected chi connectivity index (χ4v) is 119. The van der Waals surface area contributed by atoms with Gasteiger partial charge in [0.1, 0.15) is 0 Å². The summed E-state index contributed by atoms with van der Waals surface area (Å²) in [6, 6.07) is 0. The third-order valence-electron chi connectivity index (χ3n) is 10.6. The molecule has 0 fully saturated rings. The van der Waals surface area contributed by atoms with E-state index in [1.165, 1.54) is 0 Å². The van der Waals surface area contributed by atoms with Crippen LogP contribution in [-0.2, 0) is 0 Å². The van der Waals surface area contributed by atoms with Crippen molar-refractivity contribution in [2.45, 2.75) is 197 Å². The van der Waals surface area contributed by atoms with Gasteiger partial charge in [0, 0.05) is 0 Å². The van der Waals surface area contributed by atoms with Crippen molar-refractivity contribution in [3.8, 4) is 0 Å². The van der Waals surface area contributed by atoms with Crippen LogP contribution < -0.4 is 0 Å². The van der Waals surface area contributed by atoms with Crippen LogP contribution in [0, 0.1) is 11.8 Å². The van der Waals surface area contributed by atoms with Crippen molar-refractivity contribution in [1.82, 2.24) is 0 Å². The summed E-state index contributed by atoms with van der Waals surface area (Å²) in [5.41, 5.74) is 5.30. The van der Waals surface area contributed by atoms with E-state index in [9.17, 15) is 0 Å². The van der Waals surface area contributed by atoms with E-state index >= 15 is 0 Å². The summed E-state index contributed by atoms with van der Waals surface area (Å²) in [6.07, 6.45) is 0. The van der Waals surface area contributed by atoms with E-state index in [1.807, 2.05) is 0 Å². The molecule has 0 atom stereocenters. The maximum absolute atomic E-state index is 2.80. The molecule has 0 spiro atoms. The molecule has 0 nitrogen and oxygen atoms in total. The molecule has 2 radical (unpaired) electrons. The Labute approximate surface area is 260 Å². The van der Waals surface area contributed by atoms with Crippen LogP contribution >= 0.6 is 0 Å². The Kier molecular flexibility index (Phi) is 15.2. The predicted octanol–water partition coefficient (Wildman–Crippen LogP) is 12.8. The summed E-state index contributed by atoms with van der Waals surface area (Å²) in [5.74, 6) is 1.65. The second-order valence-electron chi connectivity index (χ2n) is 18.4. The molecule has 0 heterocycles. The van der Waals surface area contributed by atoms with E-state index in [0.717, 1.165) is 45.1 Å². The molecule has 0 bridgehead atoms. The summed E-state index contributed by atoms with van der Waals surface area (Å²) in [5, 5.41) is 0. The molecule has 0 aliphatic carbocycles. The summed E-state index contributed by atoms with van der Waals surface area (Å²) in [6.45, 7) is 60.5. The first-order valence-electron chi connectivity index (χ1n) is 17.0. The van der Waals surface area contributed by atoms with Gasteiger partial charge < -0.3 is 0 Å². The Balaban J connectivity index is 8.86. The van der Waals surface area contributed by atoms with Crippen molar-refractivity contribution in [3.63, 3.8) is 0 Å². The standard InChI is InChI=1S/C33H78GeSi5/c1-25(2)33(26(3)4,34(23-36(17,18)19)24-37(20,21)22)38(29(9)10,30(11)12)39(31(13)14,32(15)16)35(27(5)6)28(7)8/h25-32H,23-24H2,1-22H3. The molecule has 0 aliphatic rings. The summed E-state index contributed by atoms with van der Waals surface area (Å²) < 4.78 is 0.649. The quantitative estimate of drug-likeness (QED) is 0.142. The molecule has 234 valence electrons. The van der Waals surface area contributed by atoms with Crippen molar-refractivity contribution in [2.24, 2.45) is 11.8 Å². The zero-order valence-electron chi connectivity index (χ0n) is 31.5. The molecule has 0 rings (SSSR count). The van der Waals surface area contributed by atoms with Crippen LogP contribution in [-0.4, -0.2) is 53.5 Å². The van der Waals surface area contributed by atoms with Crippen molar-refractivity contribution in [3.05, 3.63) is 0 Å². The van der Waals surface area contributed by atoms with Crippen LogP contribution in [0.2, 0.25) is 86.2 Å². The molecule has 0 saturated heterocycles. The first kappa shape index (κ1) is 40.6. The van der Waals surface area contributed by atoms with Gasteiger partial charge in [0.15, 0.2) is 0 Å². The van der Waals surface area contributed by atoms with Gasteiger partial charge in [-0.15, -0.1) is 0 Å². The van der Waals surface area contributed by atoms with E-state index in [0.29, 0.717) is 3.87 Å². The monoisotopic (exact) mass is 688 g/mol. The molecule has 6 heteroatoms. The topological polar surface area (TPSA) is 0 Å². The molecule has 39 heavy (non-hydrogen) atoms. The van der Waals surface area contributed by atoms with Crippen molar-refractivity contribution >= 4 is 53.5 Å². The molecule has 0 aromatic rings. The summed E-state index contributed by atoms with van der Waals surface area (Å²) in [4.78, 5) is 3.40. The SMILES string of the molecule is CC(C)[Si](C(C)C)[Si](C(C)C)(C(C)C)[Si](C(C)C)(C(C)C)[C](C(C)C)(C(C)C)[Ge]([CH2][Si](C)(C)C)[CH2][Si](C)(C)C. The average Bonchev–Trinajstić information content (AvgIpc) is 2.64. The minimum atomic E-state index is -1.91. The van der Waals surface area contributed by atoms with Gasteiger partial charge in [0.2, 0.25) is 0 Å². The number of hydrogen-bond donors (Lipinski definition) is 0. The van der Waals surface area contributed by atoms with E-state index in [2.05, 4.69) is 150 Å². The Bertz CT molecular complexity index is 677. The second kappa shape index (κ2) is 14.6. The Hall–Kier alpha value is 1.63. The Morgan fingerprint density at radius 2 is 0.769 bits per heavy atom. The Morgan fingerprint density at radius 3 is 0.923 bits per heavy atom.